The van der Waals surface area contributed by atoms with E-state index in [1.54, 1.807) is 25.1 Å². The fourth-order valence-corrected chi connectivity index (χ4v) is 3.18. The Morgan fingerprint density at radius 2 is 2.07 bits per heavy atom. The van der Waals surface area contributed by atoms with Crippen LogP contribution in [0, 0.1) is 0 Å². The Morgan fingerprint density at radius 3 is 2.70 bits per heavy atom. The van der Waals surface area contributed by atoms with Crippen molar-refractivity contribution in [3.05, 3.63) is 35.4 Å². The average molecular weight is 381 g/mol. The Hall–Kier alpha value is -2.22. The predicted molar refractivity (Wildman–Crippen MR) is 103 cm³/mol. The smallest absolute Gasteiger partial charge is 0.251 e. The number of carbonyl (C=O) groups excluding carboxylic acids is 1. The SMILES string of the molecule is CN=C(NCCc1cccc(C(=O)NC)c1)NC1CCN(CC(F)F)CC1. The largest absolute Gasteiger partial charge is 0.356 e. The number of benzene rings is 1. The standard InChI is InChI=1S/C19H29F2N5O/c1-22-18(27)15-5-3-4-14(12-15)6-9-24-19(23-2)25-16-7-10-26(11-8-16)13-17(20)21/h3-5,12,16-17H,6-11,13H2,1-2H3,(H,22,27)(H2,23,24,25). The second kappa shape index (κ2) is 10.8. The summed E-state index contributed by atoms with van der Waals surface area (Å²) < 4.78 is 24.9. The van der Waals surface area contributed by atoms with E-state index in [0.717, 1.165) is 24.8 Å². The predicted octanol–water partition coefficient (Wildman–Crippen LogP) is 1.48. The Balaban J connectivity index is 1.74. The van der Waals surface area contributed by atoms with Crippen molar-refractivity contribution >= 4 is 11.9 Å². The van der Waals surface area contributed by atoms with Crippen molar-refractivity contribution in [3.8, 4) is 0 Å². The van der Waals surface area contributed by atoms with Gasteiger partial charge in [-0.2, -0.15) is 0 Å². The molecule has 150 valence electrons. The normalized spacial score (nSPS) is 16.4. The fourth-order valence-electron chi connectivity index (χ4n) is 3.18. The van der Waals surface area contributed by atoms with E-state index < -0.39 is 6.43 Å². The minimum atomic E-state index is -2.27. The number of guanidine groups is 1. The van der Waals surface area contributed by atoms with Gasteiger partial charge in [0.05, 0.1) is 6.54 Å². The summed E-state index contributed by atoms with van der Waals surface area (Å²) in [5.74, 6) is 0.616. The van der Waals surface area contributed by atoms with Crippen LogP contribution in [0.2, 0.25) is 0 Å². The Morgan fingerprint density at radius 1 is 1.33 bits per heavy atom. The highest BCUT2D eigenvalue weighted by atomic mass is 19.3. The average Bonchev–Trinajstić information content (AvgIpc) is 2.67. The van der Waals surface area contributed by atoms with E-state index in [1.165, 1.54) is 0 Å². The monoisotopic (exact) mass is 381 g/mol. The first-order chi connectivity index (χ1) is 13.0. The van der Waals surface area contributed by atoms with Crippen LogP contribution < -0.4 is 16.0 Å². The number of halogens is 2. The van der Waals surface area contributed by atoms with Gasteiger partial charge in [0.15, 0.2) is 5.96 Å². The van der Waals surface area contributed by atoms with Crippen LogP contribution in [-0.2, 0) is 6.42 Å². The van der Waals surface area contributed by atoms with E-state index in [-0.39, 0.29) is 18.5 Å². The molecule has 27 heavy (non-hydrogen) atoms. The number of aliphatic imine (C=N–C) groups is 1. The van der Waals surface area contributed by atoms with E-state index in [9.17, 15) is 13.6 Å². The van der Waals surface area contributed by atoms with Crippen molar-refractivity contribution in [2.45, 2.75) is 31.7 Å². The number of piperidine rings is 1. The van der Waals surface area contributed by atoms with Crippen molar-refractivity contribution in [1.82, 2.24) is 20.9 Å². The van der Waals surface area contributed by atoms with Crippen LogP contribution in [0.1, 0.15) is 28.8 Å². The lowest BCUT2D eigenvalue weighted by atomic mass is 10.1. The lowest BCUT2D eigenvalue weighted by molar-refractivity contribution is 0.0744. The first-order valence-corrected chi connectivity index (χ1v) is 9.30. The van der Waals surface area contributed by atoms with Crippen LogP contribution in [0.4, 0.5) is 8.78 Å². The molecule has 1 heterocycles. The summed E-state index contributed by atoms with van der Waals surface area (Å²) in [5.41, 5.74) is 1.72. The van der Waals surface area contributed by atoms with E-state index in [2.05, 4.69) is 20.9 Å². The number of hydrogen-bond donors (Lipinski definition) is 3. The third-order valence-electron chi connectivity index (χ3n) is 4.67. The number of rotatable bonds is 7. The molecule has 8 heteroatoms. The van der Waals surface area contributed by atoms with Crippen LogP contribution in [0.3, 0.4) is 0 Å². The van der Waals surface area contributed by atoms with Gasteiger partial charge in [-0.25, -0.2) is 8.78 Å². The quantitative estimate of drug-likeness (QED) is 0.494. The van der Waals surface area contributed by atoms with Crippen LogP contribution in [-0.4, -0.2) is 69.5 Å². The van der Waals surface area contributed by atoms with Gasteiger partial charge in [0, 0.05) is 45.3 Å². The number of hydrogen-bond acceptors (Lipinski definition) is 3. The first-order valence-electron chi connectivity index (χ1n) is 9.30. The summed E-state index contributed by atoms with van der Waals surface area (Å²) in [7, 11) is 3.33. The third-order valence-corrected chi connectivity index (χ3v) is 4.67. The molecule has 1 saturated heterocycles. The van der Waals surface area contributed by atoms with Gasteiger partial charge in [-0.15, -0.1) is 0 Å². The molecular formula is C19H29F2N5O. The zero-order valence-corrected chi connectivity index (χ0v) is 16.0. The molecule has 0 aromatic heterocycles. The van der Waals surface area contributed by atoms with Gasteiger partial charge in [0.2, 0.25) is 0 Å². The van der Waals surface area contributed by atoms with E-state index in [1.807, 2.05) is 18.2 Å². The van der Waals surface area contributed by atoms with Gasteiger partial charge in [0.1, 0.15) is 0 Å². The number of nitrogens with one attached hydrogen (secondary N) is 3. The molecule has 0 bridgehead atoms. The summed E-state index contributed by atoms with van der Waals surface area (Å²) in [5, 5.41) is 9.26. The Kier molecular flexibility index (Phi) is 8.44. The third kappa shape index (κ3) is 7.13. The molecule has 1 amide bonds. The van der Waals surface area contributed by atoms with Crippen molar-refractivity contribution < 1.29 is 13.6 Å². The zero-order chi connectivity index (χ0) is 19.6. The maximum Gasteiger partial charge on any atom is 0.251 e. The van der Waals surface area contributed by atoms with Crippen molar-refractivity contribution in [2.75, 3.05) is 40.3 Å². The summed E-state index contributed by atoms with van der Waals surface area (Å²) in [6.07, 6.45) is 0.132. The lowest BCUT2D eigenvalue weighted by Crippen LogP contribution is -2.49. The van der Waals surface area contributed by atoms with E-state index in [4.69, 9.17) is 0 Å². The van der Waals surface area contributed by atoms with Gasteiger partial charge in [-0.05, 0) is 37.0 Å². The second-order valence-electron chi connectivity index (χ2n) is 6.64. The number of amides is 1. The molecule has 2 rings (SSSR count). The molecule has 6 nitrogen and oxygen atoms in total. The summed E-state index contributed by atoms with van der Waals surface area (Å²) in [6, 6.07) is 7.77. The highest BCUT2D eigenvalue weighted by Gasteiger charge is 2.21. The number of nitrogens with zero attached hydrogens (tertiary/aromatic N) is 2. The van der Waals surface area contributed by atoms with E-state index in [0.29, 0.717) is 31.2 Å². The summed E-state index contributed by atoms with van der Waals surface area (Å²) in [6.45, 7) is 1.88. The van der Waals surface area contributed by atoms with Crippen molar-refractivity contribution in [2.24, 2.45) is 4.99 Å². The maximum atomic E-state index is 12.4. The second-order valence-corrected chi connectivity index (χ2v) is 6.64. The zero-order valence-electron chi connectivity index (χ0n) is 16.0. The first kappa shape index (κ1) is 21.1. The molecule has 0 radical (unpaired) electrons. The van der Waals surface area contributed by atoms with Crippen molar-refractivity contribution in [3.63, 3.8) is 0 Å². The summed E-state index contributed by atoms with van der Waals surface area (Å²) >= 11 is 0. The van der Waals surface area contributed by atoms with E-state index >= 15 is 0 Å². The molecule has 1 fully saturated rings. The van der Waals surface area contributed by atoms with Crippen LogP contribution in [0.25, 0.3) is 0 Å². The van der Waals surface area contributed by atoms with Gasteiger partial charge >= 0.3 is 0 Å². The highest BCUT2D eigenvalue weighted by molar-refractivity contribution is 5.94. The minimum Gasteiger partial charge on any atom is -0.356 e. The highest BCUT2D eigenvalue weighted by Crippen LogP contribution is 2.12. The number of alkyl halides is 2. The van der Waals surface area contributed by atoms with Gasteiger partial charge in [0.25, 0.3) is 12.3 Å². The Labute approximate surface area is 159 Å². The Bertz CT molecular complexity index is 630. The number of carbonyl (C=O) groups is 1. The van der Waals surface area contributed by atoms with Crippen LogP contribution >= 0.6 is 0 Å². The molecule has 1 aliphatic heterocycles. The lowest BCUT2D eigenvalue weighted by Gasteiger charge is -2.32. The molecule has 0 spiro atoms. The molecule has 0 saturated carbocycles. The molecule has 3 N–H and O–H groups in total. The maximum absolute atomic E-state index is 12.4. The van der Waals surface area contributed by atoms with Crippen LogP contribution in [0.5, 0.6) is 0 Å². The minimum absolute atomic E-state index is 0.0968. The molecule has 0 atom stereocenters. The molecule has 1 aliphatic rings. The van der Waals surface area contributed by atoms with Crippen LogP contribution in [0.15, 0.2) is 29.3 Å². The molecule has 0 aliphatic carbocycles. The molecule has 1 aromatic rings. The molecule has 0 unspecified atom stereocenters. The molecule has 1 aromatic carbocycles. The topological polar surface area (TPSA) is 68.8 Å². The van der Waals surface area contributed by atoms with Gasteiger partial charge in [-0.1, -0.05) is 12.1 Å². The van der Waals surface area contributed by atoms with Crippen molar-refractivity contribution in [1.29, 1.82) is 0 Å². The van der Waals surface area contributed by atoms with Gasteiger partial charge < -0.3 is 16.0 Å². The summed E-state index contributed by atoms with van der Waals surface area (Å²) in [4.78, 5) is 17.7. The molecular weight excluding hydrogens is 352 g/mol. The number of likely N-dealkylation sites (tertiary alicyclic amines) is 1. The fraction of sp³-hybridized carbons (Fsp3) is 0.579. The van der Waals surface area contributed by atoms with Gasteiger partial charge in [-0.3, -0.25) is 14.7 Å².